The maximum absolute atomic E-state index is 11.1. The summed E-state index contributed by atoms with van der Waals surface area (Å²) in [6, 6.07) is 8.00. The van der Waals surface area contributed by atoms with Gasteiger partial charge in [0, 0.05) is 17.4 Å². The summed E-state index contributed by atoms with van der Waals surface area (Å²) in [7, 11) is 0. The summed E-state index contributed by atoms with van der Waals surface area (Å²) in [5.74, 6) is -0.0915. The molecule has 0 saturated heterocycles. The standard InChI is InChI=1S/C20H19N5O2S2/c1-10(2)17-11(3)13(8-16-21-14(9-28-16)19(26)27)24-25-18(17)23-20-22-12-6-4-5-7-15(12)29-20/h4-7,9-10H,8H2,1-3H3,(H,26,27)(H,22,23,25). The van der Waals surface area contributed by atoms with Gasteiger partial charge in [-0.05, 0) is 30.5 Å². The molecule has 7 nitrogen and oxygen atoms in total. The predicted octanol–water partition coefficient (Wildman–Crippen LogP) is 5.01. The predicted molar refractivity (Wildman–Crippen MR) is 116 cm³/mol. The van der Waals surface area contributed by atoms with Crippen LogP contribution in [0.2, 0.25) is 0 Å². The lowest BCUT2D eigenvalue weighted by Crippen LogP contribution is -2.09. The number of hydrogen-bond donors (Lipinski definition) is 2. The van der Waals surface area contributed by atoms with Gasteiger partial charge >= 0.3 is 5.97 Å². The van der Waals surface area contributed by atoms with Crippen LogP contribution < -0.4 is 5.32 Å². The number of carboxylic acid groups (broad SMARTS) is 1. The average molecular weight is 426 g/mol. The Morgan fingerprint density at radius 1 is 1.21 bits per heavy atom. The fourth-order valence-corrected chi connectivity index (χ4v) is 4.84. The molecule has 4 aromatic rings. The van der Waals surface area contributed by atoms with Crippen LogP contribution in [0.1, 0.15) is 52.1 Å². The van der Waals surface area contributed by atoms with E-state index in [0.717, 1.165) is 32.2 Å². The third-order valence-corrected chi connectivity index (χ3v) is 6.35. The first-order valence-electron chi connectivity index (χ1n) is 9.08. The number of nitrogens with one attached hydrogen (secondary N) is 1. The SMILES string of the molecule is Cc1c(Cc2nc(C(=O)O)cs2)nnc(Nc2nc3ccccc3s2)c1C(C)C. The van der Waals surface area contributed by atoms with Crippen LogP contribution in [0.3, 0.4) is 0 Å². The van der Waals surface area contributed by atoms with Gasteiger partial charge in [-0.2, -0.15) is 5.10 Å². The molecule has 0 unspecified atom stereocenters. The van der Waals surface area contributed by atoms with Crippen LogP contribution in [0.25, 0.3) is 10.2 Å². The average Bonchev–Trinajstić information content (AvgIpc) is 3.30. The van der Waals surface area contributed by atoms with Crippen molar-refractivity contribution in [2.75, 3.05) is 5.32 Å². The molecule has 0 aliphatic carbocycles. The number of carboxylic acids is 1. The highest BCUT2D eigenvalue weighted by Gasteiger charge is 2.19. The molecule has 0 spiro atoms. The number of rotatable bonds is 6. The maximum Gasteiger partial charge on any atom is 0.355 e. The third kappa shape index (κ3) is 3.96. The molecule has 0 fully saturated rings. The summed E-state index contributed by atoms with van der Waals surface area (Å²) in [5, 5.41) is 24.3. The first-order valence-corrected chi connectivity index (χ1v) is 10.8. The lowest BCUT2D eigenvalue weighted by atomic mass is 9.97. The molecule has 29 heavy (non-hydrogen) atoms. The molecule has 3 aromatic heterocycles. The second-order valence-corrected chi connectivity index (χ2v) is 8.88. The molecule has 1 aromatic carbocycles. The molecule has 9 heteroatoms. The number of hydrogen-bond acceptors (Lipinski definition) is 8. The van der Waals surface area contributed by atoms with Crippen LogP contribution in [0.15, 0.2) is 29.6 Å². The quantitative estimate of drug-likeness (QED) is 0.448. The topological polar surface area (TPSA) is 101 Å². The monoisotopic (exact) mass is 425 g/mol. The largest absolute Gasteiger partial charge is 0.476 e. The van der Waals surface area contributed by atoms with E-state index in [2.05, 4.69) is 39.3 Å². The van der Waals surface area contributed by atoms with Gasteiger partial charge in [-0.15, -0.1) is 16.4 Å². The van der Waals surface area contributed by atoms with Gasteiger partial charge < -0.3 is 10.4 Å². The zero-order chi connectivity index (χ0) is 20.5. The number of para-hydroxylation sites is 1. The molecule has 0 aliphatic rings. The smallest absolute Gasteiger partial charge is 0.355 e. The number of anilines is 2. The van der Waals surface area contributed by atoms with Crippen molar-refractivity contribution in [2.45, 2.75) is 33.1 Å². The van der Waals surface area contributed by atoms with Gasteiger partial charge in [0.25, 0.3) is 0 Å². The van der Waals surface area contributed by atoms with Crippen LogP contribution in [0, 0.1) is 6.92 Å². The molecule has 148 valence electrons. The van der Waals surface area contributed by atoms with Crippen LogP contribution in [0.5, 0.6) is 0 Å². The van der Waals surface area contributed by atoms with Crippen molar-refractivity contribution in [3.05, 3.63) is 57.2 Å². The Balaban J connectivity index is 1.66. The minimum Gasteiger partial charge on any atom is -0.476 e. The fraction of sp³-hybridized carbons (Fsp3) is 0.250. The zero-order valence-corrected chi connectivity index (χ0v) is 17.8. The van der Waals surface area contributed by atoms with Crippen LogP contribution in [0.4, 0.5) is 10.9 Å². The van der Waals surface area contributed by atoms with Crippen molar-refractivity contribution in [2.24, 2.45) is 0 Å². The molecule has 0 aliphatic heterocycles. The third-order valence-electron chi connectivity index (χ3n) is 4.55. The summed E-state index contributed by atoms with van der Waals surface area (Å²) >= 11 is 2.90. The fourth-order valence-electron chi connectivity index (χ4n) is 3.20. The minimum absolute atomic E-state index is 0.0637. The Labute approximate surface area is 175 Å². The van der Waals surface area contributed by atoms with Gasteiger partial charge in [-0.3, -0.25) is 0 Å². The second kappa shape index (κ2) is 7.84. The lowest BCUT2D eigenvalue weighted by molar-refractivity contribution is 0.0691. The van der Waals surface area contributed by atoms with E-state index in [4.69, 9.17) is 5.11 Å². The summed E-state index contributed by atoms with van der Waals surface area (Å²) < 4.78 is 1.11. The number of fused-ring (bicyclic) bond motifs is 1. The Bertz CT molecular complexity index is 1170. The lowest BCUT2D eigenvalue weighted by Gasteiger charge is -2.16. The van der Waals surface area contributed by atoms with Gasteiger partial charge in [0.2, 0.25) is 0 Å². The van der Waals surface area contributed by atoms with Gasteiger partial charge in [-0.25, -0.2) is 14.8 Å². The number of benzene rings is 1. The van der Waals surface area contributed by atoms with E-state index in [1.807, 2.05) is 31.2 Å². The van der Waals surface area contributed by atoms with E-state index in [-0.39, 0.29) is 11.6 Å². The number of carbonyl (C=O) groups is 1. The van der Waals surface area contributed by atoms with Gasteiger partial charge in [0.15, 0.2) is 16.6 Å². The van der Waals surface area contributed by atoms with E-state index in [1.54, 1.807) is 16.7 Å². The highest BCUT2D eigenvalue weighted by atomic mass is 32.1. The number of aromatic nitrogens is 4. The highest BCUT2D eigenvalue weighted by molar-refractivity contribution is 7.22. The maximum atomic E-state index is 11.1. The van der Waals surface area contributed by atoms with E-state index in [0.29, 0.717) is 17.2 Å². The summed E-state index contributed by atoms with van der Waals surface area (Å²) in [6.07, 6.45) is 0.456. The first-order chi connectivity index (χ1) is 13.9. The van der Waals surface area contributed by atoms with Crippen LogP contribution >= 0.6 is 22.7 Å². The van der Waals surface area contributed by atoms with Gasteiger partial charge in [0.05, 0.1) is 20.9 Å². The molecule has 0 amide bonds. The second-order valence-electron chi connectivity index (χ2n) is 6.91. The molecule has 0 radical (unpaired) electrons. The van der Waals surface area contributed by atoms with Crippen molar-refractivity contribution < 1.29 is 9.90 Å². The van der Waals surface area contributed by atoms with E-state index in [9.17, 15) is 4.79 Å². The first kappa shape index (κ1) is 19.4. The number of aromatic carboxylic acids is 1. The molecule has 0 atom stereocenters. The normalized spacial score (nSPS) is 11.3. The van der Waals surface area contributed by atoms with Gasteiger partial charge in [0.1, 0.15) is 0 Å². The Morgan fingerprint density at radius 3 is 2.69 bits per heavy atom. The zero-order valence-electron chi connectivity index (χ0n) is 16.1. The molecule has 3 heterocycles. The molecular formula is C20H19N5O2S2. The Kier molecular flexibility index (Phi) is 5.25. The highest BCUT2D eigenvalue weighted by Crippen LogP contribution is 2.33. The van der Waals surface area contributed by atoms with Crippen molar-refractivity contribution in [1.29, 1.82) is 0 Å². The van der Waals surface area contributed by atoms with Gasteiger partial charge in [-0.1, -0.05) is 37.3 Å². The Hall–Kier alpha value is -2.91. The number of nitrogens with zero attached hydrogens (tertiary/aromatic N) is 4. The summed E-state index contributed by atoms with van der Waals surface area (Å²) in [4.78, 5) is 19.8. The van der Waals surface area contributed by atoms with E-state index >= 15 is 0 Å². The van der Waals surface area contributed by atoms with Crippen LogP contribution in [-0.2, 0) is 6.42 Å². The molecule has 0 bridgehead atoms. The Morgan fingerprint density at radius 2 is 2.00 bits per heavy atom. The van der Waals surface area contributed by atoms with Crippen molar-refractivity contribution in [3.8, 4) is 0 Å². The molecule has 0 saturated carbocycles. The molecular weight excluding hydrogens is 406 g/mol. The summed E-state index contributed by atoms with van der Waals surface area (Å²) in [5.41, 5.74) is 3.92. The van der Waals surface area contributed by atoms with Crippen molar-refractivity contribution in [3.63, 3.8) is 0 Å². The van der Waals surface area contributed by atoms with E-state index in [1.165, 1.54) is 11.3 Å². The van der Waals surface area contributed by atoms with Crippen molar-refractivity contribution >= 4 is 49.8 Å². The van der Waals surface area contributed by atoms with Crippen molar-refractivity contribution in [1.82, 2.24) is 20.2 Å². The number of thiazole rings is 2. The van der Waals surface area contributed by atoms with E-state index < -0.39 is 5.97 Å². The summed E-state index contributed by atoms with van der Waals surface area (Å²) in [6.45, 7) is 6.25. The minimum atomic E-state index is -1.02. The molecule has 2 N–H and O–H groups in total. The van der Waals surface area contributed by atoms with Crippen LogP contribution in [-0.4, -0.2) is 31.2 Å². The molecule has 4 rings (SSSR count).